The van der Waals surface area contributed by atoms with Crippen molar-refractivity contribution >= 4 is 11.7 Å². The summed E-state index contributed by atoms with van der Waals surface area (Å²) >= 11 is 0. The zero-order valence-electron chi connectivity index (χ0n) is 15.3. The van der Waals surface area contributed by atoms with Gasteiger partial charge in [0.1, 0.15) is 5.56 Å². The summed E-state index contributed by atoms with van der Waals surface area (Å²) in [4.78, 5) is 21.1. The molecular formula is C21H21N3O3. The summed E-state index contributed by atoms with van der Waals surface area (Å²) < 4.78 is 11.1. The van der Waals surface area contributed by atoms with Crippen LogP contribution in [0.15, 0.2) is 60.8 Å². The van der Waals surface area contributed by atoms with Crippen LogP contribution < -0.4 is 10.1 Å². The third-order valence-corrected chi connectivity index (χ3v) is 3.74. The highest BCUT2D eigenvalue weighted by molar-refractivity contribution is 5.92. The summed E-state index contributed by atoms with van der Waals surface area (Å²) in [6.07, 6.45) is 1.44. The van der Waals surface area contributed by atoms with Crippen LogP contribution in [0.1, 0.15) is 24.2 Å². The Balaban J connectivity index is 2.03. The maximum absolute atomic E-state index is 12.3. The van der Waals surface area contributed by atoms with Crippen LogP contribution in [0.25, 0.3) is 11.4 Å². The van der Waals surface area contributed by atoms with Crippen LogP contribution in [-0.2, 0) is 4.74 Å². The number of carbonyl (C=O) groups excluding carboxylic acids is 1. The van der Waals surface area contributed by atoms with Gasteiger partial charge >= 0.3 is 5.97 Å². The third-order valence-electron chi connectivity index (χ3n) is 3.74. The summed E-state index contributed by atoms with van der Waals surface area (Å²) in [5, 5.41) is 3.23. The van der Waals surface area contributed by atoms with E-state index in [1.54, 1.807) is 6.92 Å². The Bertz CT molecular complexity index is 914. The number of hydrogen-bond acceptors (Lipinski definition) is 6. The van der Waals surface area contributed by atoms with Gasteiger partial charge < -0.3 is 14.8 Å². The van der Waals surface area contributed by atoms with E-state index in [0.717, 1.165) is 17.8 Å². The minimum Gasteiger partial charge on any atom is -0.462 e. The number of anilines is 1. The molecule has 6 nitrogen and oxygen atoms in total. The number of esters is 1. The fourth-order valence-corrected chi connectivity index (χ4v) is 2.52. The summed E-state index contributed by atoms with van der Waals surface area (Å²) in [6.45, 7) is 4.74. The first-order valence-electron chi connectivity index (χ1n) is 8.83. The molecule has 0 saturated heterocycles. The third kappa shape index (κ3) is 4.41. The van der Waals surface area contributed by atoms with Crippen molar-refractivity contribution in [3.8, 4) is 23.0 Å². The smallest absolute Gasteiger partial charge is 0.345 e. The van der Waals surface area contributed by atoms with Crippen molar-refractivity contribution in [3.05, 3.63) is 66.4 Å². The van der Waals surface area contributed by atoms with E-state index in [2.05, 4.69) is 15.3 Å². The van der Waals surface area contributed by atoms with Crippen molar-refractivity contribution in [2.24, 2.45) is 0 Å². The highest BCUT2D eigenvalue weighted by Crippen LogP contribution is 2.31. The van der Waals surface area contributed by atoms with Gasteiger partial charge in [-0.2, -0.15) is 4.98 Å². The van der Waals surface area contributed by atoms with Gasteiger partial charge in [-0.05, 0) is 26.0 Å². The zero-order valence-corrected chi connectivity index (χ0v) is 15.3. The van der Waals surface area contributed by atoms with Gasteiger partial charge in [-0.15, -0.1) is 0 Å². The average molecular weight is 363 g/mol. The Labute approximate surface area is 158 Å². The van der Waals surface area contributed by atoms with Crippen molar-refractivity contribution < 1.29 is 14.3 Å². The summed E-state index contributed by atoms with van der Waals surface area (Å²) in [5.74, 6) is 0.683. The average Bonchev–Trinajstić information content (AvgIpc) is 2.70. The number of benzene rings is 2. The van der Waals surface area contributed by atoms with Gasteiger partial charge in [0.15, 0.2) is 11.6 Å². The van der Waals surface area contributed by atoms with Crippen LogP contribution in [0.4, 0.5) is 5.69 Å². The van der Waals surface area contributed by atoms with E-state index < -0.39 is 5.97 Å². The minimum atomic E-state index is -0.520. The lowest BCUT2D eigenvalue weighted by Gasteiger charge is -2.14. The Morgan fingerprint density at radius 2 is 1.78 bits per heavy atom. The SMILES string of the molecule is CCNc1ccccc1Oc1nc(-c2ccccc2)ncc1C(=O)OCC. The number of hydrogen-bond donors (Lipinski definition) is 1. The van der Waals surface area contributed by atoms with Crippen molar-refractivity contribution in [1.29, 1.82) is 0 Å². The molecule has 0 aliphatic rings. The number of ether oxygens (including phenoxy) is 2. The molecule has 0 aliphatic heterocycles. The van der Waals surface area contributed by atoms with Crippen molar-refractivity contribution in [3.63, 3.8) is 0 Å². The highest BCUT2D eigenvalue weighted by atomic mass is 16.5. The number of carbonyl (C=O) groups is 1. The van der Waals surface area contributed by atoms with E-state index in [-0.39, 0.29) is 18.1 Å². The normalized spacial score (nSPS) is 10.3. The second kappa shape index (κ2) is 8.80. The lowest BCUT2D eigenvalue weighted by molar-refractivity contribution is 0.0522. The molecule has 3 rings (SSSR count). The molecule has 0 amide bonds. The molecule has 3 aromatic rings. The van der Waals surface area contributed by atoms with Crippen molar-refractivity contribution in [1.82, 2.24) is 9.97 Å². The van der Waals surface area contributed by atoms with Crippen LogP contribution >= 0.6 is 0 Å². The topological polar surface area (TPSA) is 73.3 Å². The first-order chi connectivity index (χ1) is 13.2. The van der Waals surface area contributed by atoms with Gasteiger partial charge in [0.05, 0.1) is 12.3 Å². The van der Waals surface area contributed by atoms with Crippen molar-refractivity contribution in [2.45, 2.75) is 13.8 Å². The predicted molar refractivity (Wildman–Crippen MR) is 104 cm³/mol. The fraction of sp³-hybridized carbons (Fsp3) is 0.190. The largest absolute Gasteiger partial charge is 0.462 e. The zero-order chi connectivity index (χ0) is 19.1. The molecule has 0 aliphatic carbocycles. The number of nitrogens with zero attached hydrogens (tertiary/aromatic N) is 2. The van der Waals surface area contributed by atoms with E-state index in [0.29, 0.717) is 11.6 Å². The Hall–Kier alpha value is -3.41. The molecule has 1 aromatic heterocycles. The molecule has 2 aromatic carbocycles. The van der Waals surface area contributed by atoms with E-state index in [1.807, 2.05) is 61.5 Å². The van der Waals surface area contributed by atoms with E-state index in [9.17, 15) is 4.79 Å². The molecule has 0 unspecified atom stereocenters. The number of rotatable bonds is 7. The molecule has 138 valence electrons. The van der Waals surface area contributed by atoms with Crippen LogP contribution in [-0.4, -0.2) is 29.1 Å². The van der Waals surface area contributed by atoms with Gasteiger partial charge in [0.25, 0.3) is 0 Å². The Morgan fingerprint density at radius 1 is 1.04 bits per heavy atom. The van der Waals surface area contributed by atoms with Gasteiger partial charge in [-0.25, -0.2) is 9.78 Å². The fourth-order valence-electron chi connectivity index (χ4n) is 2.52. The summed E-state index contributed by atoms with van der Waals surface area (Å²) in [7, 11) is 0. The molecule has 0 spiro atoms. The molecule has 0 fully saturated rings. The van der Waals surface area contributed by atoms with Crippen molar-refractivity contribution in [2.75, 3.05) is 18.5 Å². The lowest BCUT2D eigenvalue weighted by Crippen LogP contribution is -2.09. The molecule has 1 heterocycles. The Kier molecular flexibility index (Phi) is 5.99. The molecule has 0 bridgehead atoms. The standard InChI is InChI=1S/C21H21N3O3/c1-3-22-17-12-8-9-13-18(17)27-20-16(21(25)26-4-2)14-23-19(24-20)15-10-6-5-7-11-15/h5-14,22H,3-4H2,1-2H3. The highest BCUT2D eigenvalue weighted by Gasteiger charge is 2.19. The summed E-state index contributed by atoms with van der Waals surface area (Å²) in [5.41, 5.74) is 1.83. The van der Waals surface area contributed by atoms with E-state index in [1.165, 1.54) is 6.20 Å². The first kappa shape index (κ1) is 18.4. The van der Waals surface area contributed by atoms with Crippen LogP contribution in [0.5, 0.6) is 11.6 Å². The molecule has 0 atom stereocenters. The van der Waals surface area contributed by atoms with Gasteiger partial charge in [-0.1, -0.05) is 42.5 Å². The molecule has 27 heavy (non-hydrogen) atoms. The monoisotopic (exact) mass is 363 g/mol. The maximum Gasteiger partial charge on any atom is 0.345 e. The predicted octanol–water partition coefficient (Wildman–Crippen LogP) is 4.54. The number of nitrogens with one attached hydrogen (secondary N) is 1. The van der Waals surface area contributed by atoms with Gasteiger partial charge in [0.2, 0.25) is 5.88 Å². The molecule has 0 radical (unpaired) electrons. The number of aromatic nitrogens is 2. The van der Waals surface area contributed by atoms with Crippen LogP contribution in [0.2, 0.25) is 0 Å². The number of para-hydroxylation sites is 2. The molecular weight excluding hydrogens is 342 g/mol. The summed E-state index contributed by atoms with van der Waals surface area (Å²) in [6, 6.07) is 17.0. The molecule has 1 N–H and O–H groups in total. The van der Waals surface area contributed by atoms with Gasteiger partial charge in [-0.3, -0.25) is 0 Å². The van der Waals surface area contributed by atoms with Crippen LogP contribution in [0.3, 0.4) is 0 Å². The van der Waals surface area contributed by atoms with E-state index in [4.69, 9.17) is 9.47 Å². The molecule has 6 heteroatoms. The second-order valence-electron chi connectivity index (χ2n) is 5.63. The lowest BCUT2D eigenvalue weighted by atomic mass is 10.2. The van der Waals surface area contributed by atoms with E-state index >= 15 is 0 Å². The minimum absolute atomic E-state index is 0.160. The maximum atomic E-state index is 12.3. The second-order valence-corrected chi connectivity index (χ2v) is 5.63. The van der Waals surface area contributed by atoms with Crippen LogP contribution in [0, 0.1) is 0 Å². The van der Waals surface area contributed by atoms with Gasteiger partial charge in [0, 0.05) is 18.3 Å². The molecule has 0 saturated carbocycles. The Morgan fingerprint density at radius 3 is 2.52 bits per heavy atom. The first-order valence-corrected chi connectivity index (χ1v) is 8.83. The quantitative estimate of drug-likeness (QED) is 0.621.